The van der Waals surface area contributed by atoms with E-state index in [0.717, 1.165) is 16.8 Å². The van der Waals surface area contributed by atoms with E-state index in [1.165, 1.54) is 4.90 Å². The summed E-state index contributed by atoms with van der Waals surface area (Å²) < 4.78 is 82.1. The molecule has 0 fully saturated rings. The molecule has 7 nitrogen and oxygen atoms in total. The third kappa shape index (κ3) is 5.50. The number of rotatable bonds is 6. The number of aromatic nitrogens is 2. The van der Waals surface area contributed by atoms with Gasteiger partial charge in [0.05, 0.1) is 24.8 Å². The van der Waals surface area contributed by atoms with Gasteiger partial charge in [-0.05, 0) is 41.8 Å². The molecular weight excluding hydrogens is 506 g/mol. The number of carbonyl (C=O) groups is 1. The zero-order valence-electron chi connectivity index (χ0n) is 19.4. The highest BCUT2D eigenvalue weighted by molar-refractivity contribution is 6.01. The maximum Gasteiger partial charge on any atom is 0.436 e. The summed E-state index contributed by atoms with van der Waals surface area (Å²) in [4.78, 5) is 14.5. The predicted octanol–water partition coefficient (Wildman–Crippen LogP) is 4.63. The zero-order valence-corrected chi connectivity index (χ0v) is 19.4. The average Bonchev–Trinajstić information content (AvgIpc) is 3.38. The summed E-state index contributed by atoms with van der Waals surface area (Å²) in [5, 5.41) is 25.0. The maximum atomic E-state index is 13.8. The summed E-state index contributed by atoms with van der Waals surface area (Å²) in [5.74, 6) is -1.87. The van der Waals surface area contributed by atoms with Gasteiger partial charge in [-0.15, -0.1) is 0 Å². The van der Waals surface area contributed by atoms with Crippen LogP contribution in [-0.2, 0) is 32.0 Å². The Bertz CT molecular complexity index is 1300. The second kappa shape index (κ2) is 9.61. The first-order valence-electron chi connectivity index (χ1n) is 11.1. The Labute approximate surface area is 206 Å². The highest BCUT2D eigenvalue weighted by Gasteiger charge is 2.44. The minimum Gasteiger partial charge on any atom is -0.508 e. The standard InChI is InChI=1S/C24H22F6N4O3/c1-13(16-4-2-14(12-35)3-5-16)31-21(37)19-20(24(28,29)30)32-34-7-6-33(22(19)34)11-15-8-17(23(25,26)27)10-18(36)9-15/h2-5,8-10,13,35-36H,6-7,11-12H2,1H3,(H,31,37)/t13-/m0/s1. The fourth-order valence-corrected chi connectivity index (χ4v) is 4.23. The summed E-state index contributed by atoms with van der Waals surface area (Å²) in [6.45, 7) is 1.16. The summed E-state index contributed by atoms with van der Waals surface area (Å²) in [5.41, 5.74) is -2.05. The minimum atomic E-state index is -4.96. The second-order valence-corrected chi connectivity index (χ2v) is 8.67. The molecule has 1 aliphatic rings. The highest BCUT2D eigenvalue weighted by Crippen LogP contribution is 2.39. The monoisotopic (exact) mass is 528 g/mol. The van der Waals surface area contributed by atoms with E-state index in [0.29, 0.717) is 17.2 Å². The van der Waals surface area contributed by atoms with Crippen LogP contribution in [0.3, 0.4) is 0 Å². The van der Waals surface area contributed by atoms with E-state index in [4.69, 9.17) is 0 Å². The summed E-state index contributed by atoms with van der Waals surface area (Å²) in [7, 11) is 0. The van der Waals surface area contributed by atoms with Crippen LogP contribution < -0.4 is 10.2 Å². The zero-order chi connectivity index (χ0) is 27.1. The van der Waals surface area contributed by atoms with Crippen molar-refractivity contribution in [1.82, 2.24) is 15.1 Å². The third-order valence-electron chi connectivity index (χ3n) is 5.99. The number of carbonyl (C=O) groups excluding carboxylic acids is 1. The van der Waals surface area contributed by atoms with Crippen LogP contribution in [0, 0.1) is 0 Å². The molecule has 37 heavy (non-hydrogen) atoms. The van der Waals surface area contributed by atoms with Crippen molar-refractivity contribution in [3.05, 3.63) is 76.0 Å². The molecule has 2 heterocycles. The second-order valence-electron chi connectivity index (χ2n) is 8.67. The van der Waals surface area contributed by atoms with Gasteiger partial charge in [0.15, 0.2) is 5.69 Å². The van der Waals surface area contributed by atoms with E-state index in [1.807, 2.05) is 0 Å². The van der Waals surface area contributed by atoms with Crippen LogP contribution in [0.2, 0.25) is 0 Å². The highest BCUT2D eigenvalue weighted by atomic mass is 19.4. The van der Waals surface area contributed by atoms with Crippen LogP contribution in [0.25, 0.3) is 0 Å². The normalized spacial score (nSPS) is 14.5. The Morgan fingerprint density at radius 1 is 1.03 bits per heavy atom. The molecule has 0 radical (unpaired) electrons. The minimum absolute atomic E-state index is 0.000710. The molecule has 1 amide bonds. The number of benzene rings is 2. The Morgan fingerprint density at radius 2 is 1.70 bits per heavy atom. The van der Waals surface area contributed by atoms with Crippen LogP contribution >= 0.6 is 0 Å². The number of halogens is 6. The van der Waals surface area contributed by atoms with E-state index in [9.17, 15) is 41.4 Å². The lowest BCUT2D eigenvalue weighted by Crippen LogP contribution is -2.31. The molecule has 2 aromatic carbocycles. The van der Waals surface area contributed by atoms with Crippen molar-refractivity contribution in [3.8, 4) is 5.75 Å². The average molecular weight is 528 g/mol. The lowest BCUT2D eigenvalue weighted by atomic mass is 10.1. The number of alkyl halides is 6. The molecule has 3 N–H and O–H groups in total. The molecule has 0 saturated carbocycles. The molecule has 3 aromatic rings. The number of aromatic hydroxyl groups is 1. The third-order valence-corrected chi connectivity index (χ3v) is 5.99. The number of phenolic OH excluding ortho intramolecular Hbond substituents is 1. The van der Waals surface area contributed by atoms with Gasteiger partial charge in [0.1, 0.15) is 17.1 Å². The van der Waals surface area contributed by atoms with Crippen LogP contribution in [0.1, 0.15) is 51.3 Å². The molecular formula is C24H22F6N4O3. The summed E-state index contributed by atoms with van der Waals surface area (Å²) >= 11 is 0. The Kier molecular flexibility index (Phi) is 6.84. The van der Waals surface area contributed by atoms with E-state index in [-0.39, 0.29) is 37.6 Å². The summed E-state index contributed by atoms with van der Waals surface area (Å²) in [6.07, 6.45) is -9.70. The number of aliphatic hydroxyl groups is 1. The van der Waals surface area contributed by atoms with Crippen molar-refractivity contribution < 1.29 is 41.4 Å². The fraction of sp³-hybridized carbons (Fsp3) is 0.333. The molecule has 4 rings (SSSR count). The molecule has 1 aromatic heterocycles. The largest absolute Gasteiger partial charge is 0.508 e. The number of hydrogen-bond donors (Lipinski definition) is 3. The van der Waals surface area contributed by atoms with Gasteiger partial charge in [-0.2, -0.15) is 31.4 Å². The van der Waals surface area contributed by atoms with Crippen molar-refractivity contribution >= 4 is 11.7 Å². The Hall–Kier alpha value is -3.74. The quantitative estimate of drug-likeness (QED) is 0.406. The van der Waals surface area contributed by atoms with Crippen molar-refractivity contribution in [2.24, 2.45) is 0 Å². The number of amides is 1. The number of hydrogen-bond acceptors (Lipinski definition) is 5. The van der Waals surface area contributed by atoms with Crippen molar-refractivity contribution in [1.29, 1.82) is 0 Å². The molecule has 1 atom stereocenters. The molecule has 0 bridgehead atoms. The van der Waals surface area contributed by atoms with Gasteiger partial charge in [-0.25, -0.2) is 4.68 Å². The molecule has 0 unspecified atom stereocenters. The number of aliphatic hydroxyl groups excluding tert-OH is 1. The number of nitrogens with zero attached hydrogens (tertiary/aromatic N) is 3. The Morgan fingerprint density at radius 3 is 2.30 bits per heavy atom. The number of fused-ring (bicyclic) bond motifs is 1. The lowest BCUT2D eigenvalue weighted by Gasteiger charge is -2.21. The Balaban J connectivity index is 1.67. The molecule has 0 saturated heterocycles. The fourth-order valence-electron chi connectivity index (χ4n) is 4.23. The van der Waals surface area contributed by atoms with Crippen LogP contribution in [0.15, 0.2) is 42.5 Å². The van der Waals surface area contributed by atoms with Gasteiger partial charge >= 0.3 is 12.4 Å². The van der Waals surface area contributed by atoms with Crippen molar-refractivity contribution in [2.45, 2.75) is 45.0 Å². The van der Waals surface area contributed by atoms with Crippen molar-refractivity contribution in [2.75, 3.05) is 11.4 Å². The predicted molar refractivity (Wildman–Crippen MR) is 120 cm³/mol. The van der Waals surface area contributed by atoms with Gasteiger partial charge in [-0.1, -0.05) is 24.3 Å². The van der Waals surface area contributed by atoms with E-state index in [2.05, 4.69) is 10.4 Å². The molecule has 13 heteroatoms. The van der Waals surface area contributed by atoms with Gasteiger partial charge in [0.25, 0.3) is 5.91 Å². The van der Waals surface area contributed by atoms with Gasteiger partial charge in [0, 0.05) is 13.1 Å². The molecule has 0 spiro atoms. The van der Waals surface area contributed by atoms with E-state index < -0.39 is 46.9 Å². The van der Waals surface area contributed by atoms with Gasteiger partial charge in [0.2, 0.25) is 0 Å². The lowest BCUT2D eigenvalue weighted by molar-refractivity contribution is -0.142. The molecule has 198 valence electrons. The first-order chi connectivity index (χ1) is 17.3. The number of nitrogens with one attached hydrogen (secondary N) is 1. The van der Waals surface area contributed by atoms with Gasteiger partial charge in [-0.3, -0.25) is 4.79 Å². The summed E-state index contributed by atoms with van der Waals surface area (Å²) in [6, 6.07) is 8.19. The van der Waals surface area contributed by atoms with E-state index >= 15 is 0 Å². The smallest absolute Gasteiger partial charge is 0.436 e. The maximum absolute atomic E-state index is 13.8. The first-order valence-corrected chi connectivity index (χ1v) is 11.1. The first kappa shape index (κ1) is 26.3. The van der Waals surface area contributed by atoms with Crippen molar-refractivity contribution in [3.63, 3.8) is 0 Å². The van der Waals surface area contributed by atoms with Crippen LogP contribution in [0.4, 0.5) is 32.2 Å². The van der Waals surface area contributed by atoms with Gasteiger partial charge < -0.3 is 20.4 Å². The molecule has 1 aliphatic heterocycles. The number of anilines is 1. The number of phenols is 1. The topological polar surface area (TPSA) is 90.6 Å². The van der Waals surface area contributed by atoms with E-state index in [1.54, 1.807) is 31.2 Å². The van der Waals surface area contributed by atoms with Crippen LogP contribution in [0.5, 0.6) is 5.75 Å². The SMILES string of the molecule is C[C@H](NC(=O)c1c(C(F)(F)F)nn2c1N(Cc1cc(O)cc(C(F)(F)F)c1)CC2)c1ccc(CO)cc1. The molecule has 0 aliphatic carbocycles. The van der Waals surface area contributed by atoms with Crippen LogP contribution in [-0.4, -0.2) is 32.4 Å².